The van der Waals surface area contributed by atoms with Crippen LogP contribution in [0.4, 0.5) is 17.5 Å². The predicted octanol–water partition coefficient (Wildman–Crippen LogP) is 3.58. The molecule has 2 heterocycles. The average molecular weight is 328 g/mol. The van der Waals surface area contributed by atoms with Crippen molar-refractivity contribution < 1.29 is 4.79 Å². The summed E-state index contributed by atoms with van der Waals surface area (Å²) in [7, 11) is 1.73. The maximum atomic E-state index is 10.9. The minimum absolute atomic E-state index is 0.435. The molecule has 2 N–H and O–H groups in total. The Bertz CT molecular complexity index is 897. The van der Waals surface area contributed by atoms with Crippen LogP contribution in [0.5, 0.6) is 0 Å². The molecule has 2 aromatic heterocycles. The zero-order valence-electron chi connectivity index (χ0n) is 12.6. The number of aromatic nitrogens is 3. The number of benzene rings is 1. The van der Waals surface area contributed by atoms with Crippen molar-refractivity contribution in [1.82, 2.24) is 15.0 Å². The molecule has 0 aliphatic heterocycles. The van der Waals surface area contributed by atoms with Crippen molar-refractivity contribution in [2.75, 3.05) is 17.7 Å². The van der Waals surface area contributed by atoms with Crippen molar-refractivity contribution in [1.29, 1.82) is 0 Å². The van der Waals surface area contributed by atoms with Crippen LogP contribution >= 0.6 is 11.6 Å². The van der Waals surface area contributed by atoms with Gasteiger partial charge in [0.2, 0.25) is 5.95 Å². The van der Waals surface area contributed by atoms with Crippen molar-refractivity contribution in [3.63, 3.8) is 0 Å². The van der Waals surface area contributed by atoms with E-state index in [1.54, 1.807) is 13.1 Å². The number of aldehydes is 1. The Morgan fingerprint density at radius 3 is 2.83 bits per heavy atom. The number of fused-ring (bicyclic) bond motifs is 1. The number of hydrogen-bond acceptors (Lipinski definition) is 6. The maximum Gasteiger partial charge on any atom is 0.225 e. The highest BCUT2D eigenvalue weighted by Gasteiger charge is 2.11. The van der Waals surface area contributed by atoms with E-state index >= 15 is 0 Å². The van der Waals surface area contributed by atoms with Crippen LogP contribution in [0.2, 0.25) is 5.02 Å². The van der Waals surface area contributed by atoms with Gasteiger partial charge in [-0.15, -0.1) is 0 Å². The lowest BCUT2D eigenvalue weighted by Crippen LogP contribution is -2.04. The van der Waals surface area contributed by atoms with Crippen LogP contribution in [0.15, 0.2) is 30.5 Å². The number of carbonyl (C=O) groups excluding carboxylic acids is 1. The standard InChI is InChI=1S/C16H14ClN5O/c1-9-11(17)4-3-5-12(9)20-15-14-13(21-16(18-2)22-15)6-10(8-23)7-19-14/h3-8H,1-2H3,(H2,18,20,21,22). The van der Waals surface area contributed by atoms with Crippen LogP contribution in [-0.4, -0.2) is 28.3 Å². The van der Waals surface area contributed by atoms with Crippen molar-refractivity contribution >= 4 is 46.4 Å². The van der Waals surface area contributed by atoms with Gasteiger partial charge in [-0.2, -0.15) is 4.98 Å². The number of pyridine rings is 1. The van der Waals surface area contributed by atoms with Crippen LogP contribution in [0.1, 0.15) is 15.9 Å². The molecule has 7 heteroatoms. The largest absolute Gasteiger partial charge is 0.357 e. The summed E-state index contributed by atoms with van der Waals surface area (Å²) in [6, 6.07) is 7.27. The fourth-order valence-corrected chi connectivity index (χ4v) is 2.34. The van der Waals surface area contributed by atoms with Crippen LogP contribution in [0, 0.1) is 6.92 Å². The number of nitrogens with one attached hydrogen (secondary N) is 2. The molecule has 0 aliphatic carbocycles. The molecule has 0 radical (unpaired) electrons. The topological polar surface area (TPSA) is 79.8 Å². The molecule has 0 amide bonds. The van der Waals surface area contributed by atoms with Crippen LogP contribution < -0.4 is 10.6 Å². The summed E-state index contributed by atoms with van der Waals surface area (Å²) in [6.07, 6.45) is 2.23. The van der Waals surface area contributed by atoms with E-state index in [1.165, 1.54) is 6.20 Å². The summed E-state index contributed by atoms with van der Waals surface area (Å²) in [5, 5.41) is 6.81. The van der Waals surface area contributed by atoms with Crippen LogP contribution in [-0.2, 0) is 0 Å². The average Bonchev–Trinajstić information content (AvgIpc) is 2.58. The van der Waals surface area contributed by atoms with Gasteiger partial charge in [-0.3, -0.25) is 4.79 Å². The number of halogens is 1. The molecule has 0 saturated carbocycles. The third-order valence-corrected chi connectivity index (χ3v) is 3.85. The Morgan fingerprint density at radius 2 is 2.09 bits per heavy atom. The first-order valence-electron chi connectivity index (χ1n) is 6.95. The molecule has 0 bridgehead atoms. The zero-order chi connectivity index (χ0) is 16.4. The summed E-state index contributed by atoms with van der Waals surface area (Å²) in [5.41, 5.74) is 3.37. The third-order valence-electron chi connectivity index (χ3n) is 3.44. The molecule has 6 nitrogen and oxygen atoms in total. The van der Waals surface area contributed by atoms with Gasteiger partial charge in [0.15, 0.2) is 12.1 Å². The highest BCUT2D eigenvalue weighted by atomic mass is 35.5. The van der Waals surface area contributed by atoms with Gasteiger partial charge < -0.3 is 10.6 Å². The molecule has 1 aromatic carbocycles. The van der Waals surface area contributed by atoms with Gasteiger partial charge in [0.05, 0.1) is 5.52 Å². The number of hydrogen-bond donors (Lipinski definition) is 2. The zero-order valence-corrected chi connectivity index (χ0v) is 13.3. The van der Waals surface area contributed by atoms with Gasteiger partial charge in [-0.25, -0.2) is 9.97 Å². The quantitative estimate of drug-likeness (QED) is 0.713. The van der Waals surface area contributed by atoms with E-state index in [0.717, 1.165) is 17.5 Å². The Hall–Kier alpha value is -2.73. The summed E-state index contributed by atoms with van der Waals surface area (Å²) in [6.45, 7) is 1.92. The first-order chi connectivity index (χ1) is 11.1. The molecule has 116 valence electrons. The van der Waals surface area contributed by atoms with E-state index in [-0.39, 0.29) is 0 Å². The second-order valence-corrected chi connectivity index (χ2v) is 5.34. The fraction of sp³-hybridized carbons (Fsp3) is 0.125. The van der Waals surface area contributed by atoms with E-state index in [0.29, 0.717) is 33.4 Å². The second kappa shape index (κ2) is 6.18. The van der Waals surface area contributed by atoms with Crippen molar-refractivity contribution in [2.24, 2.45) is 0 Å². The molecule has 3 aromatic rings. The van der Waals surface area contributed by atoms with Gasteiger partial charge in [-0.1, -0.05) is 17.7 Å². The van der Waals surface area contributed by atoms with E-state index in [4.69, 9.17) is 11.6 Å². The maximum absolute atomic E-state index is 10.9. The molecule has 0 spiro atoms. The van der Waals surface area contributed by atoms with Gasteiger partial charge in [0.1, 0.15) is 5.52 Å². The lowest BCUT2D eigenvalue weighted by Gasteiger charge is -2.12. The number of nitrogens with zero attached hydrogens (tertiary/aromatic N) is 3. The van der Waals surface area contributed by atoms with E-state index < -0.39 is 0 Å². The number of anilines is 3. The molecule has 0 aliphatic rings. The SMILES string of the molecule is CNc1nc(Nc2cccc(Cl)c2C)c2ncc(C=O)cc2n1. The van der Waals surface area contributed by atoms with Crippen molar-refractivity contribution in [3.8, 4) is 0 Å². The lowest BCUT2D eigenvalue weighted by molar-refractivity contribution is 0.112. The van der Waals surface area contributed by atoms with E-state index in [2.05, 4.69) is 25.6 Å². The van der Waals surface area contributed by atoms with Gasteiger partial charge in [0, 0.05) is 29.5 Å². The minimum atomic E-state index is 0.435. The van der Waals surface area contributed by atoms with Gasteiger partial charge >= 0.3 is 0 Å². The van der Waals surface area contributed by atoms with E-state index in [9.17, 15) is 4.79 Å². The fourth-order valence-electron chi connectivity index (χ4n) is 2.17. The molecule has 0 unspecified atom stereocenters. The monoisotopic (exact) mass is 327 g/mol. The number of rotatable bonds is 4. The third kappa shape index (κ3) is 2.93. The molecular weight excluding hydrogens is 314 g/mol. The minimum Gasteiger partial charge on any atom is -0.357 e. The molecule has 0 saturated heterocycles. The second-order valence-electron chi connectivity index (χ2n) is 4.94. The lowest BCUT2D eigenvalue weighted by atomic mass is 10.2. The Balaban J connectivity index is 2.15. The molecule has 23 heavy (non-hydrogen) atoms. The van der Waals surface area contributed by atoms with Gasteiger partial charge in [0.25, 0.3) is 0 Å². The molecule has 3 rings (SSSR count). The molecule has 0 fully saturated rings. The van der Waals surface area contributed by atoms with Gasteiger partial charge in [-0.05, 0) is 30.7 Å². The summed E-state index contributed by atoms with van der Waals surface area (Å²) >= 11 is 6.16. The Morgan fingerprint density at radius 1 is 1.26 bits per heavy atom. The highest BCUT2D eigenvalue weighted by molar-refractivity contribution is 6.31. The summed E-state index contributed by atoms with van der Waals surface area (Å²) in [4.78, 5) is 24.0. The smallest absolute Gasteiger partial charge is 0.225 e. The Labute approximate surface area is 137 Å². The van der Waals surface area contributed by atoms with Crippen LogP contribution in [0.3, 0.4) is 0 Å². The molecular formula is C16H14ClN5O. The number of carbonyl (C=O) groups is 1. The predicted molar refractivity (Wildman–Crippen MR) is 91.7 cm³/mol. The summed E-state index contributed by atoms with van der Waals surface area (Å²) in [5.74, 6) is 0.978. The normalized spacial score (nSPS) is 10.6. The molecule has 0 atom stereocenters. The first-order valence-corrected chi connectivity index (χ1v) is 7.33. The van der Waals surface area contributed by atoms with Crippen LogP contribution in [0.25, 0.3) is 11.0 Å². The van der Waals surface area contributed by atoms with E-state index in [1.807, 2.05) is 25.1 Å². The van der Waals surface area contributed by atoms with Crippen molar-refractivity contribution in [3.05, 3.63) is 46.6 Å². The first kappa shape index (κ1) is 15.2. The summed E-state index contributed by atoms with van der Waals surface area (Å²) < 4.78 is 0. The Kier molecular flexibility index (Phi) is 4.08. The highest BCUT2D eigenvalue weighted by Crippen LogP contribution is 2.28. The van der Waals surface area contributed by atoms with Crippen molar-refractivity contribution in [2.45, 2.75) is 6.92 Å².